The average molecular weight is 498 g/mol. The quantitative estimate of drug-likeness (QED) is 0.293. The molecule has 36 heavy (non-hydrogen) atoms. The number of nitrogens with zero attached hydrogens (tertiary/aromatic N) is 4. The van der Waals surface area contributed by atoms with Crippen LogP contribution in [0.3, 0.4) is 0 Å². The second kappa shape index (κ2) is 11.5. The smallest absolute Gasteiger partial charge is 0.404 e. The van der Waals surface area contributed by atoms with Crippen molar-refractivity contribution in [2.24, 2.45) is 5.73 Å². The SMILES string of the molecule is CC(C)(O)C(F)CNC(=O)c1cnc(-c2ccc3cc(C#N)cnn23)cc1NCCCCOC(N)=O. The van der Waals surface area contributed by atoms with Crippen molar-refractivity contribution in [1.82, 2.24) is 19.9 Å². The predicted octanol–water partition coefficient (Wildman–Crippen LogP) is 2.39. The Balaban J connectivity index is 1.83. The molecular weight excluding hydrogens is 469 g/mol. The standard InChI is InChI=1S/C24H28FN7O4/c1-24(2,35)21(25)14-30-22(33)17-13-29-19(10-18(17)28-7-3-4-8-36-23(27)34)20-6-5-16-9-15(11-26)12-31-32(16)20/h5-6,9-10,12-13,21,35H,3-4,7-8,14H2,1-2H3,(H2,27,34)(H,28,29)(H,30,33). The van der Waals surface area contributed by atoms with Gasteiger partial charge in [0.15, 0.2) is 0 Å². The Kier molecular flexibility index (Phi) is 8.39. The number of aromatic nitrogens is 3. The van der Waals surface area contributed by atoms with Crippen LogP contribution in [0.15, 0.2) is 36.7 Å². The number of fused-ring (bicyclic) bond motifs is 1. The molecule has 1 unspecified atom stereocenters. The van der Waals surface area contributed by atoms with Crippen molar-refractivity contribution in [2.45, 2.75) is 38.5 Å². The van der Waals surface area contributed by atoms with Gasteiger partial charge in [0.2, 0.25) is 0 Å². The zero-order valence-corrected chi connectivity index (χ0v) is 20.0. The molecule has 12 heteroatoms. The minimum atomic E-state index is -1.66. The number of carbonyl (C=O) groups excluding carboxylic acids is 2. The monoisotopic (exact) mass is 497 g/mol. The molecule has 0 bridgehead atoms. The normalized spacial score (nSPS) is 12.1. The lowest BCUT2D eigenvalue weighted by Crippen LogP contribution is -2.42. The molecule has 11 nitrogen and oxygen atoms in total. The molecule has 190 valence electrons. The number of aliphatic hydroxyl groups is 1. The Morgan fingerprint density at radius 3 is 2.78 bits per heavy atom. The number of amides is 2. The molecular formula is C24H28FN7O4. The van der Waals surface area contributed by atoms with Gasteiger partial charge in [-0.2, -0.15) is 10.4 Å². The number of hydrogen-bond acceptors (Lipinski definition) is 8. The van der Waals surface area contributed by atoms with Gasteiger partial charge in [-0.05, 0) is 51.0 Å². The van der Waals surface area contributed by atoms with Crippen molar-refractivity contribution >= 4 is 23.2 Å². The highest BCUT2D eigenvalue weighted by atomic mass is 19.1. The number of rotatable bonds is 11. The zero-order valence-electron chi connectivity index (χ0n) is 20.0. The van der Waals surface area contributed by atoms with Crippen LogP contribution in [0.5, 0.6) is 0 Å². The summed E-state index contributed by atoms with van der Waals surface area (Å²) in [4.78, 5) is 27.9. The Hall–Kier alpha value is -4.24. The first-order chi connectivity index (χ1) is 17.1. The number of anilines is 1. The van der Waals surface area contributed by atoms with Crippen LogP contribution in [0, 0.1) is 11.3 Å². The maximum atomic E-state index is 14.1. The molecule has 1 atom stereocenters. The first-order valence-electron chi connectivity index (χ1n) is 11.3. The van der Waals surface area contributed by atoms with Crippen molar-refractivity contribution in [3.63, 3.8) is 0 Å². The van der Waals surface area contributed by atoms with Crippen LogP contribution >= 0.6 is 0 Å². The molecule has 2 amide bonds. The topological polar surface area (TPSA) is 168 Å². The summed E-state index contributed by atoms with van der Waals surface area (Å²) < 4.78 is 20.5. The van der Waals surface area contributed by atoms with Gasteiger partial charge in [0.25, 0.3) is 5.91 Å². The molecule has 0 fully saturated rings. The van der Waals surface area contributed by atoms with Crippen LogP contribution in [-0.2, 0) is 4.74 Å². The van der Waals surface area contributed by atoms with Crippen molar-refractivity contribution < 1.29 is 23.8 Å². The molecule has 0 aliphatic carbocycles. The Morgan fingerprint density at radius 2 is 2.08 bits per heavy atom. The highest BCUT2D eigenvalue weighted by molar-refractivity contribution is 6.00. The van der Waals surface area contributed by atoms with E-state index in [2.05, 4.69) is 20.7 Å². The van der Waals surface area contributed by atoms with Gasteiger partial charge < -0.3 is 26.2 Å². The van der Waals surface area contributed by atoms with E-state index in [1.807, 2.05) is 6.07 Å². The molecule has 0 aliphatic rings. The van der Waals surface area contributed by atoms with Crippen LogP contribution in [-0.4, -0.2) is 63.2 Å². The highest BCUT2D eigenvalue weighted by Gasteiger charge is 2.27. The highest BCUT2D eigenvalue weighted by Crippen LogP contribution is 2.25. The number of carbonyl (C=O) groups is 2. The minimum absolute atomic E-state index is 0.174. The largest absolute Gasteiger partial charge is 0.450 e. The predicted molar refractivity (Wildman–Crippen MR) is 130 cm³/mol. The second-order valence-electron chi connectivity index (χ2n) is 8.66. The van der Waals surface area contributed by atoms with E-state index >= 15 is 0 Å². The van der Waals surface area contributed by atoms with E-state index in [0.717, 1.165) is 0 Å². The molecule has 0 saturated carbocycles. The maximum absolute atomic E-state index is 14.1. The van der Waals surface area contributed by atoms with Gasteiger partial charge in [-0.25, -0.2) is 13.7 Å². The number of nitrogens with one attached hydrogen (secondary N) is 2. The molecule has 3 aromatic rings. The Bertz CT molecular complexity index is 1280. The van der Waals surface area contributed by atoms with E-state index < -0.39 is 23.8 Å². The summed E-state index contributed by atoms with van der Waals surface area (Å²) >= 11 is 0. The van der Waals surface area contributed by atoms with Gasteiger partial charge in [-0.15, -0.1) is 0 Å². The molecule has 0 aromatic carbocycles. The molecule has 0 aliphatic heterocycles. The van der Waals surface area contributed by atoms with Gasteiger partial charge in [0.05, 0.1) is 58.7 Å². The number of nitrogens with two attached hydrogens (primary N) is 1. The van der Waals surface area contributed by atoms with Gasteiger partial charge in [-0.1, -0.05) is 0 Å². The van der Waals surface area contributed by atoms with Crippen LogP contribution < -0.4 is 16.4 Å². The summed E-state index contributed by atoms with van der Waals surface area (Å²) in [5.41, 5.74) is 6.29. The zero-order chi connectivity index (χ0) is 26.3. The number of nitriles is 1. The summed E-state index contributed by atoms with van der Waals surface area (Å²) in [6.07, 6.45) is 1.49. The average Bonchev–Trinajstić information content (AvgIpc) is 3.26. The van der Waals surface area contributed by atoms with Gasteiger partial charge in [0.1, 0.15) is 12.2 Å². The fourth-order valence-corrected chi connectivity index (χ4v) is 3.33. The van der Waals surface area contributed by atoms with Crippen molar-refractivity contribution in [1.29, 1.82) is 5.26 Å². The van der Waals surface area contributed by atoms with Crippen LogP contribution in [0.25, 0.3) is 16.9 Å². The van der Waals surface area contributed by atoms with E-state index in [1.165, 1.54) is 26.2 Å². The van der Waals surface area contributed by atoms with E-state index in [1.54, 1.807) is 28.8 Å². The van der Waals surface area contributed by atoms with Gasteiger partial charge in [0, 0.05) is 12.7 Å². The lowest BCUT2D eigenvalue weighted by Gasteiger charge is -2.22. The summed E-state index contributed by atoms with van der Waals surface area (Å²) in [6.45, 7) is 2.89. The number of ether oxygens (including phenoxy) is 1. The fraction of sp³-hybridized carbons (Fsp3) is 0.375. The van der Waals surface area contributed by atoms with E-state index in [4.69, 9.17) is 15.7 Å². The number of unbranched alkanes of at least 4 members (excludes halogenated alkanes) is 1. The van der Waals surface area contributed by atoms with Crippen molar-refractivity contribution in [3.05, 3.63) is 47.8 Å². The molecule has 3 rings (SSSR count). The van der Waals surface area contributed by atoms with E-state index in [-0.39, 0.29) is 18.7 Å². The van der Waals surface area contributed by atoms with E-state index in [0.29, 0.717) is 47.5 Å². The third kappa shape index (κ3) is 6.67. The lowest BCUT2D eigenvalue weighted by atomic mass is 10.0. The molecule has 0 saturated heterocycles. The summed E-state index contributed by atoms with van der Waals surface area (Å²) in [6, 6.07) is 9.02. The van der Waals surface area contributed by atoms with Gasteiger partial charge >= 0.3 is 6.09 Å². The number of pyridine rings is 1. The third-order valence-corrected chi connectivity index (χ3v) is 5.38. The maximum Gasteiger partial charge on any atom is 0.404 e. The molecule has 3 heterocycles. The first-order valence-corrected chi connectivity index (χ1v) is 11.3. The number of halogens is 1. The number of alkyl halides is 1. The summed E-state index contributed by atoms with van der Waals surface area (Å²) in [5.74, 6) is -0.558. The number of hydrogen-bond donors (Lipinski definition) is 4. The summed E-state index contributed by atoms with van der Waals surface area (Å²) in [7, 11) is 0. The van der Waals surface area contributed by atoms with Crippen LogP contribution in [0.2, 0.25) is 0 Å². The molecule has 5 N–H and O–H groups in total. The minimum Gasteiger partial charge on any atom is -0.450 e. The Labute approximate surface area is 207 Å². The lowest BCUT2D eigenvalue weighted by molar-refractivity contribution is -0.00177. The van der Waals surface area contributed by atoms with Gasteiger partial charge in [-0.3, -0.25) is 9.78 Å². The molecule has 0 spiro atoms. The molecule has 0 radical (unpaired) electrons. The van der Waals surface area contributed by atoms with Crippen molar-refractivity contribution in [2.75, 3.05) is 25.0 Å². The first kappa shape index (κ1) is 26.4. The van der Waals surface area contributed by atoms with Crippen LogP contribution in [0.4, 0.5) is 14.9 Å². The number of primary amides is 1. The van der Waals surface area contributed by atoms with E-state index in [9.17, 15) is 19.1 Å². The van der Waals surface area contributed by atoms with Crippen molar-refractivity contribution in [3.8, 4) is 17.5 Å². The van der Waals surface area contributed by atoms with Crippen LogP contribution in [0.1, 0.15) is 42.6 Å². The third-order valence-electron chi connectivity index (χ3n) is 5.38. The Morgan fingerprint density at radius 1 is 1.31 bits per heavy atom. The fourth-order valence-electron chi connectivity index (χ4n) is 3.33. The summed E-state index contributed by atoms with van der Waals surface area (Å²) in [5, 5.41) is 28.9. The second-order valence-corrected chi connectivity index (χ2v) is 8.66. The molecule has 3 aromatic heterocycles.